The molecule has 1 aromatic heterocycles. The first-order valence-electron chi connectivity index (χ1n) is 9.21. The van der Waals surface area contributed by atoms with Gasteiger partial charge in [0.25, 0.3) is 0 Å². The van der Waals surface area contributed by atoms with Crippen LogP contribution in [0.15, 0.2) is 11.2 Å². The fourth-order valence-corrected chi connectivity index (χ4v) is 3.52. The van der Waals surface area contributed by atoms with Crippen LogP contribution in [-0.4, -0.2) is 59.8 Å². The maximum atomic E-state index is 11.9. The van der Waals surface area contributed by atoms with Crippen molar-refractivity contribution in [2.75, 3.05) is 26.2 Å². The number of aromatic nitrogens is 1. The molecule has 1 aliphatic rings. The normalized spacial score (nSPS) is 17.4. The maximum absolute atomic E-state index is 11.9. The Morgan fingerprint density at radius 3 is 2.81 bits per heavy atom. The van der Waals surface area contributed by atoms with E-state index in [1.54, 1.807) is 11.3 Å². The highest BCUT2D eigenvalue weighted by atomic mass is 127. The third kappa shape index (κ3) is 8.63. The molecule has 1 fully saturated rings. The van der Waals surface area contributed by atoms with Crippen LogP contribution in [0.1, 0.15) is 44.0 Å². The molecule has 7 nitrogen and oxygen atoms in total. The van der Waals surface area contributed by atoms with Gasteiger partial charge in [-0.25, -0.2) is 9.78 Å². The number of ether oxygens (including phenoxy) is 1. The van der Waals surface area contributed by atoms with Gasteiger partial charge in [0.15, 0.2) is 5.96 Å². The number of likely N-dealkylation sites (tertiary alicyclic amines) is 1. The number of carbonyl (C=O) groups is 1. The molecule has 1 amide bonds. The second-order valence-electron chi connectivity index (χ2n) is 7.43. The first-order valence-corrected chi connectivity index (χ1v) is 10.0. The number of guanidine groups is 1. The highest BCUT2D eigenvalue weighted by Gasteiger charge is 2.27. The van der Waals surface area contributed by atoms with Gasteiger partial charge in [0, 0.05) is 43.7 Å². The zero-order valence-corrected chi connectivity index (χ0v) is 20.0. The predicted octanol–water partition coefficient (Wildman–Crippen LogP) is 3.18. The quantitative estimate of drug-likeness (QED) is 0.362. The standard InChI is InChI=1S/C18H31N5O2S.HI/c1-6-19-16(20-9-7-15-21-11-13(2)26-15)23-10-8-14(12-23)22-17(24)25-18(3,4)5;/h11,14H,6-10,12H2,1-5H3,(H,19,20)(H,22,24);1H. The van der Waals surface area contributed by atoms with E-state index < -0.39 is 5.60 Å². The van der Waals surface area contributed by atoms with Crippen LogP contribution in [0, 0.1) is 6.92 Å². The fourth-order valence-electron chi connectivity index (χ4n) is 2.74. The summed E-state index contributed by atoms with van der Waals surface area (Å²) >= 11 is 1.72. The van der Waals surface area contributed by atoms with Gasteiger partial charge < -0.3 is 20.3 Å². The van der Waals surface area contributed by atoms with Gasteiger partial charge >= 0.3 is 6.09 Å². The molecule has 0 aliphatic carbocycles. The number of thiazole rings is 1. The van der Waals surface area contributed by atoms with Crippen LogP contribution in [0.25, 0.3) is 0 Å². The molecule has 2 rings (SSSR count). The molecule has 27 heavy (non-hydrogen) atoms. The SMILES string of the molecule is CCNC(=NCCc1ncc(C)s1)N1CCC(NC(=O)OC(C)(C)C)C1.I. The summed E-state index contributed by atoms with van der Waals surface area (Å²) < 4.78 is 5.34. The molecule has 0 saturated carbocycles. The number of nitrogens with zero attached hydrogens (tertiary/aromatic N) is 3. The van der Waals surface area contributed by atoms with Gasteiger partial charge in [0.2, 0.25) is 0 Å². The highest BCUT2D eigenvalue weighted by Crippen LogP contribution is 2.13. The van der Waals surface area contributed by atoms with E-state index in [2.05, 4.69) is 34.4 Å². The van der Waals surface area contributed by atoms with Crippen molar-refractivity contribution < 1.29 is 9.53 Å². The number of halogens is 1. The summed E-state index contributed by atoms with van der Waals surface area (Å²) in [5, 5.41) is 7.41. The van der Waals surface area contributed by atoms with Crippen LogP contribution in [0.3, 0.4) is 0 Å². The summed E-state index contributed by atoms with van der Waals surface area (Å²) in [6, 6.07) is 0.0790. The average molecular weight is 509 g/mol. The number of amides is 1. The Labute approximate surface area is 183 Å². The molecule has 1 saturated heterocycles. The number of carbonyl (C=O) groups excluding carboxylic acids is 1. The Bertz CT molecular complexity index is 630. The van der Waals surface area contributed by atoms with E-state index in [0.29, 0.717) is 6.54 Å². The third-order valence-corrected chi connectivity index (χ3v) is 4.77. The van der Waals surface area contributed by atoms with Crippen molar-refractivity contribution in [3.8, 4) is 0 Å². The molecular weight excluding hydrogens is 477 g/mol. The second-order valence-corrected chi connectivity index (χ2v) is 8.75. The zero-order valence-electron chi connectivity index (χ0n) is 16.9. The lowest BCUT2D eigenvalue weighted by Crippen LogP contribution is -2.44. The van der Waals surface area contributed by atoms with Crippen molar-refractivity contribution in [3.63, 3.8) is 0 Å². The van der Waals surface area contributed by atoms with Crippen LogP contribution in [0.4, 0.5) is 4.79 Å². The number of aryl methyl sites for hydroxylation is 1. The monoisotopic (exact) mass is 509 g/mol. The number of alkyl carbamates (subject to hydrolysis) is 1. The summed E-state index contributed by atoms with van der Waals surface area (Å²) in [5.41, 5.74) is -0.479. The molecule has 0 radical (unpaired) electrons. The molecule has 0 spiro atoms. The molecule has 9 heteroatoms. The summed E-state index contributed by atoms with van der Waals surface area (Å²) in [6.07, 6.45) is 3.28. The smallest absolute Gasteiger partial charge is 0.407 e. The van der Waals surface area contributed by atoms with Gasteiger partial charge in [-0.2, -0.15) is 0 Å². The Morgan fingerprint density at radius 2 is 2.22 bits per heavy atom. The van der Waals surface area contributed by atoms with Gasteiger partial charge in [-0.1, -0.05) is 0 Å². The summed E-state index contributed by atoms with van der Waals surface area (Å²) in [6.45, 7) is 12.9. The summed E-state index contributed by atoms with van der Waals surface area (Å²) in [4.78, 5) is 24.5. The number of hydrogen-bond donors (Lipinski definition) is 2. The van der Waals surface area contributed by atoms with E-state index in [-0.39, 0.29) is 36.1 Å². The molecule has 1 atom stereocenters. The van der Waals surface area contributed by atoms with Crippen LogP contribution >= 0.6 is 35.3 Å². The number of hydrogen-bond acceptors (Lipinski definition) is 5. The van der Waals surface area contributed by atoms with Gasteiger partial charge in [0.1, 0.15) is 5.60 Å². The molecule has 1 aromatic rings. The molecule has 154 valence electrons. The molecule has 1 aliphatic heterocycles. The van der Waals surface area contributed by atoms with E-state index in [9.17, 15) is 4.79 Å². The lowest BCUT2D eigenvalue weighted by Gasteiger charge is -2.23. The summed E-state index contributed by atoms with van der Waals surface area (Å²) in [5.74, 6) is 0.897. The van der Waals surface area contributed by atoms with E-state index in [1.807, 2.05) is 27.0 Å². The minimum atomic E-state index is -0.479. The first kappa shape index (κ1) is 23.9. The third-order valence-electron chi connectivity index (χ3n) is 3.80. The topological polar surface area (TPSA) is 78.9 Å². The molecule has 0 bridgehead atoms. The van der Waals surface area contributed by atoms with E-state index in [1.165, 1.54) is 4.88 Å². The fraction of sp³-hybridized carbons (Fsp3) is 0.722. The van der Waals surface area contributed by atoms with E-state index >= 15 is 0 Å². The van der Waals surface area contributed by atoms with Crippen LogP contribution in [-0.2, 0) is 11.2 Å². The lowest BCUT2D eigenvalue weighted by atomic mass is 10.2. The first-order chi connectivity index (χ1) is 12.3. The van der Waals surface area contributed by atoms with E-state index in [0.717, 1.165) is 43.4 Å². The highest BCUT2D eigenvalue weighted by molar-refractivity contribution is 14.0. The van der Waals surface area contributed by atoms with Crippen LogP contribution < -0.4 is 10.6 Å². The maximum Gasteiger partial charge on any atom is 0.407 e. The number of rotatable bonds is 5. The molecule has 2 heterocycles. The van der Waals surface area contributed by atoms with Crippen molar-refractivity contribution in [3.05, 3.63) is 16.1 Å². The van der Waals surface area contributed by atoms with Gasteiger partial charge in [-0.05, 0) is 41.0 Å². The Morgan fingerprint density at radius 1 is 1.48 bits per heavy atom. The zero-order chi connectivity index (χ0) is 19.2. The van der Waals surface area contributed by atoms with Gasteiger partial charge in [-0.15, -0.1) is 35.3 Å². The Hall–Kier alpha value is -1.10. The minimum absolute atomic E-state index is 0. The van der Waals surface area contributed by atoms with Crippen molar-refractivity contribution in [1.82, 2.24) is 20.5 Å². The molecule has 2 N–H and O–H groups in total. The second kappa shape index (κ2) is 11.0. The predicted molar refractivity (Wildman–Crippen MR) is 121 cm³/mol. The number of aliphatic imine (C=N–C) groups is 1. The Balaban J connectivity index is 0.00000364. The van der Waals surface area contributed by atoms with Crippen molar-refractivity contribution in [1.29, 1.82) is 0 Å². The van der Waals surface area contributed by atoms with E-state index in [4.69, 9.17) is 9.73 Å². The van der Waals surface area contributed by atoms with Crippen LogP contribution in [0.2, 0.25) is 0 Å². The molecule has 0 aromatic carbocycles. The van der Waals surface area contributed by atoms with Gasteiger partial charge in [-0.3, -0.25) is 4.99 Å². The van der Waals surface area contributed by atoms with Gasteiger partial charge in [0.05, 0.1) is 11.0 Å². The number of nitrogens with one attached hydrogen (secondary N) is 2. The van der Waals surface area contributed by atoms with Crippen molar-refractivity contribution in [2.24, 2.45) is 4.99 Å². The Kier molecular flexibility index (Phi) is 9.78. The van der Waals surface area contributed by atoms with Crippen molar-refractivity contribution >= 4 is 47.4 Å². The minimum Gasteiger partial charge on any atom is -0.444 e. The van der Waals surface area contributed by atoms with Crippen molar-refractivity contribution in [2.45, 2.75) is 59.1 Å². The lowest BCUT2D eigenvalue weighted by molar-refractivity contribution is 0.0507. The molecular formula is C18H32IN5O2S. The molecule has 1 unspecified atom stereocenters. The van der Waals surface area contributed by atoms with Crippen LogP contribution in [0.5, 0.6) is 0 Å². The summed E-state index contributed by atoms with van der Waals surface area (Å²) in [7, 11) is 0. The largest absolute Gasteiger partial charge is 0.444 e. The average Bonchev–Trinajstić information content (AvgIpc) is 3.13.